The van der Waals surface area contributed by atoms with E-state index in [1.165, 1.54) is 31.4 Å². The predicted octanol–water partition coefficient (Wildman–Crippen LogP) is 6.83. The monoisotopic (exact) mass is 350 g/mol. The minimum absolute atomic E-state index is 0.250. The third kappa shape index (κ3) is 18.5. The highest BCUT2D eigenvalue weighted by atomic mass is 19.4. The molecule has 0 saturated carbocycles. The minimum atomic E-state index is -4.22. The van der Waals surface area contributed by atoms with Gasteiger partial charge in [0.2, 0.25) is 0 Å². The van der Waals surface area contributed by atoms with Gasteiger partial charge in [0.25, 0.3) is 6.47 Å². The van der Waals surface area contributed by atoms with Crippen molar-refractivity contribution >= 4 is 6.47 Å². The van der Waals surface area contributed by atoms with Crippen molar-refractivity contribution in [2.45, 2.75) is 73.4 Å². The molecule has 0 amide bonds. The van der Waals surface area contributed by atoms with Crippen LogP contribution in [0.15, 0.2) is 24.3 Å². The predicted molar refractivity (Wildman–Crippen MR) is 95.2 cm³/mol. The second-order valence-electron chi connectivity index (χ2n) is 5.19. The molecule has 0 fully saturated rings. The van der Waals surface area contributed by atoms with Gasteiger partial charge in [-0.05, 0) is 30.0 Å². The standard InChI is InChI=1S/C9H9F3.C7H16.C2H6.CH2O2/c1-2-7-3-5-8(6-4-7)9(10,11)12;1-4-5-6-7(2)3;1-2;2-1-3/h3-6H,2H2,1H3;7H,4-6H2,1-3H3;1-2H3;1H,(H,2,3). The summed E-state index contributed by atoms with van der Waals surface area (Å²) in [4.78, 5) is 8.36. The highest BCUT2D eigenvalue weighted by Crippen LogP contribution is 2.28. The molecule has 0 heterocycles. The fourth-order valence-corrected chi connectivity index (χ4v) is 1.54. The fourth-order valence-electron chi connectivity index (χ4n) is 1.54. The lowest BCUT2D eigenvalue weighted by molar-refractivity contribution is -0.137. The molecule has 0 aromatic heterocycles. The number of hydrogen-bond donors (Lipinski definition) is 1. The van der Waals surface area contributed by atoms with Crippen LogP contribution in [0.25, 0.3) is 0 Å². The minimum Gasteiger partial charge on any atom is -0.483 e. The first-order valence-corrected chi connectivity index (χ1v) is 8.46. The van der Waals surface area contributed by atoms with E-state index >= 15 is 0 Å². The van der Waals surface area contributed by atoms with Crippen LogP contribution in [-0.4, -0.2) is 11.6 Å². The van der Waals surface area contributed by atoms with E-state index in [1.54, 1.807) is 0 Å². The van der Waals surface area contributed by atoms with Crippen LogP contribution in [0, 0.1) is 5.92 Å². The zero-order chi connectivity index (χ0) is 19.6. The van der Waals surface area contributed by atoms with Crippen molar-refractivity contribution in [2.24, 2.45) is 5.92 Å². The molecule has 0 radical (unpaired) electrons. The van der Waals surface area contributed by atoms with Gasteiger partial charge in [-0.25, -0.2) is 0 Å². The zero-order valence-corrected chi connectivity index (χ0v) is 15.8. The molecule has 1 rings (SSSR count). The number of carboxylic acid groups (broad SMARTS) is 1. The van der Waals surface area contributed by atoms with Crippen molar-refractivity contribution in [3.05, 3.63) is 35.4 Å². The lowest BCUT2D eigenvalue weighted by Gasteiger charge is -2.06. The van der Waals surface area contributed by atoms with Crippen molar-refractivity contribution in [2.75, 3.05) is 0 Å². The molecule has 2 nitrogen and oxygen atoms in total. The van der Waals surface area contributed by atoms with Gasteiger partial charge in [-0.3, -0.25) is 4.79 Å². The van der Waals surface area contributed by atoms with Crippen LogP contribution >= 0.6 is 0 Å². The van der Waals surface area contributed by atoms with Crippen molar-refractivity contribution in [1.82, 2.24) is 0 Å². The summed E-state index contributed by atoms with van der Waals surface area (Å²) in [5, 5.41) is 6.89. The largest absolute Gasteiger partial charge is 0.483 e. The summed E-state index contributed by atoms with van der Waals surface area (Å²) in [7, 11) is 0. The van der Waals surface area contributed by atoms with Crippen LogP contribution in [0.4, 0.5) is 13.2 Å². The molecule has 0 spiro atoms. The summed E-state index contributed by atoms with van der Waals surface area (Å²) < 4.78 is 36.1. The average Bonchev–Trinajstić information content (AvgIpc) is 2.55. The lowest BCUT2D eigenvalue weighted by atomic mass is 10.1. The summed E-state index contributed by atoms with van der Waals surface area (Å²) in [6, 6.07) is 5.23. The molecule has 0 aliphatic carbocycles. The van der Waals surface area contributed by atoms with Crippen LogP contribution in [-0.2, 0) is 17.4 Å². The van der Waals surface area contributed by atoms with E-state index in [0.29, 0.717) is 0 Å². The SMILES string of the molecule is CC.CCCCC(C)C.CCc1ccc(C(F)(F)F)cc1.O=CO. The molecule has 0 atom stereocenters. The van der Waals surface area contributed by atoms with E-state index in [4.69, 9.17) is 9.90 Å². The van der Waals surface area contributed by atoms with Gasteiger partial charge in [0.1, 0.15) is 0 Å². The van der Waals surface area contributed by atoms with Gasteiger partial charge in [0.05, 0.1) is 5.56 Å². The Kier molecular flexibility index (Phi) is 20.3. The number of unbranched alkanes of at least 4 members (excludes halogenated alkanes) is 1. The van der Waals surface area contributed by atoms with E-state index in [9.17, 15) is 13.2 Å². The highest BCUT2D eigenvalue weighted by molar-refractivity contribution is 5.32. The van der Waals surface area contributed by atoms with Gasteiger partial charge in [-0.1, -0.05) is 72.9 Å². The second-order valence-corrected chi connectivity index (χ2v) is 5.19. The van der Waals surface area contributed by atoms with Crippen LogP contribution in [0.3, 0.4) is 0 Å². The maximum atomic E-state index is 12.0. The molecule has 0 unspecified atom stereocenters. The van der Waals surface area contributed by atoms with Gasteiger partial charge in [-0.2, -0.15) is 13.2 Å². The van der Waals surface area contributed by atoms with E-state index in [-0.39, 0.29) is 6.47 Å². The molecule has 24 heavy (non-hydrogen) atoms. The summed E-state index contributed by atoms with van der Waals surface area (Å²) in [6.45, 7) is 12.4. The van der Waals surface area contributed by atoms with Crippen LogP contribution in [0.2, 0.25) is 0 Å². The Morgan fingerprint density at radius 3 is 1.71 bits per heavy atom. The Labute approximate surface area is 145 Å². The molecule has 1 aromatic carbocycles. The molecule has 0 bridgehead atoms. The Morgan fingerprint density at radius 1 is 1.08 bits per heavy atom. The molecule has 1 N–H and O–H groups in total. The number of aryl methyl sites for hydroxylation is 1. The van der Waals surface area contributed by atoms with Crippen molar-refractivity contribution in [1.29, 1.82) is 0 Å². The van der Waals surface area contributed by atoms with Gasteiger partial charge < -0.3 is 5.11 Å². The smallest absolute Gasteiger partial charge is 0.416 e. The molecular weight excluding hydrogens is 317 g/mol. The van der Waals surface area contributed by atoms with E-state index in [1.807, 2.05) is 20.8 Å². The van der Waals surface area contributed by atoms with E-state index in [2.05, 4.69) is 20.8 Å². The third-order valence-corrected chi connectivity index (χ3v) is 2.82. The van der Waals surface area contributed by atoms with Gasteiger partial charge in [-0.15, -0.1) is 0 Å². The number of benzene rings is 1. The second kappa shape index (κ2) is 17.8. The Hall–Kier alpha value is -1.52. The maximum absolute atomic E-state index is 12.0. The molecule has 0 aliphatic heterocycles. The van der Waals surface area contributed by atoms with Crippen LogP contribution < -0.4 is 0 Å². The summed E-state index contributed by atoms with van der Waals surface area (Å²) >= 11 is 0. The number of alkyl halides is 3. The Morgan fingerprint density at radius 2 is 1.50 bits per heavy atom. The highest BCUT2D eigenvalue weighted by Gasteiger charge is 2.29. The van der Waals surface area contributed by atoms with Crippen molar-refractivity contribution < 1.29 is 23.1 Å². The number of carbonyl (C=O) groups is 1. The maximum Gasteiger partial charge on any atom is 0.416 e. The van der Waals surface area contributed by atoms with Crippen LogP contribution in [0.1, 0.15) is 71.9 Å². The zero-order valence-electron chi connectivity index (χ0n) is 15.8. The normalized spacial score (nSPS) is 9.58. The molecule has 5 heteroatoms. The number of hydrogen-bond acceptors (Lipinski definition) is 1. The van der Waals surface area contributed by atoms with Crippen molar-refractivity contribution in [3.63, 3.8) is 0 Å². The van der Waals surface area contributed by atoms with Crippen molar-refractivity contribution in [3.8, 4) is 0 Å². The summed E-state index contributed by atoms with van der Waals surface area (Å²) in [6.07, 6.45) is 0.691. The Balaban J connectivity index is -0.000000314. The summed E-state index contributed by atoms with van der Waals surface area (Å²) in [5.41, 5.74) is 0.336. The van der Waals surface area contributed by atoms with Gasteiger partial charge in [0, 0.05) is 0 Å². The molecule has 1 aromatic rings. The number of halogens is 3. The van der Waals surface area contributed by atoms with Crippen LogP contribution in [0.5, 0.6) is 0 Å². The quantitative estimate of drug-likeness (QED) is 0.604. The number of rotatable bonds is 4. The molecule has 142 valence electrons. The third-order valence-electron chi connectivity index (χ3n) is 2.82. The topological polar surface area (TPSA) is 37.3 Å². The van der Waals surface area contributed by atoms with Gasteiger partial charge >= 0.3 is 6.18 Å². The summed E-state index contributed by atoms with van der Waals surface area (Å²) in [5.74, 6) is 0.903. The lowest BCUT2D eigenvalue weighted by Crippen LogP contribution is -2.04. The first-order valence-electron chi connectivity index (χ1n) is 8.46. The fraction of sp³-hybridized carbons (Fsp3) is 0.632. The van der Waals surface area contributed by atoms with E-state index < -0.39 is 11.7 Å². The average molecular weight is 350 g/mol. The molecular formula is C19H33F3O2. The first-order chi connectivity index (χ1) is 11.2. The van der Waals surface area contributed by atoms with Gasteiger partial charge in [0.15, 0.2) is 0 Å². The Bertz CT molecular complexity index is 371. The first kappa shape index (κ1) is 27.3. The van der Waals surface area contributed by atoms with E-state index in [0.717, 1.165) is 30.0 Å². The molecule has 0 aliphatic rings. The molecule has 0 saturated heterocycles.